The van der Waals surface area contributed by atoms with Crippen LogP contribution in [0.1, 0.15) is 48.0 Å². The first kappa shape index (κ1) is 19.5. The third-order valence-corrected chi connectivity index (χ3v) is 5.21. The second kappa shape index (κ2) is 8.21. The van der Waals surface area contributed by atoms with Gasteiger partial charge in [0.25, 0.3) is 5.91 Å². The lowest BCUT2D eigenvalue weighted by atomic mass is 10.0. The van der Waals surface area contributed by atoms with Gasteiger partial charge >= 0.3 is 0 Å². The molecule has 5 nitrogen and oxygen atoms in total. The fraction of sp³-hybridized carbons (Fsp3) is 0.524. The zero-order valence-corrected chi connectivity index (χ0v) is 16.5. The molecule has 0 bridgehead atoms. The van der Waals surface area contributed by atoms with Gasteiger partial charge in [0, 0.05) is 39.1 Å². The average Bonchev–Trinajstić information content (AvgIpc) is 2.83. The van der Waals surface area contributed by atoms with Crippen molar-refractivity contribution in [2.75, 3.05) is 19.6 Å². The van der Waals surface area contributed by atoms with Crippen LogP contribution < -0.4 is 0 Å². The fourth-order valence-electron chi connectivity index (χ4n) is 3.78. The smallest absolute Gasteiger partial charge is 0.276 e. The Morgan fingerprint density at radius 3 is 2.56 bits per heavy atom. The Morgan fingerprint density at radius 2 is 1.96 bits per heavy atom. The number of hydrogen-bond acceptors (Lipinski definition) is 4. The molecule has 2 heterocycles. The molecule has 1 aliphatic heterocycles. The molecular weight excluding hydrogens is 345 g/mol. The minimum absolute atomic E-state index is 0.0568. The van der Waals surface area contributed by atoms with Crippen LogP contribution in [0, 0.1) is 25.6 Å². The number of hydrogen-bond donors (Lipinski definition) is 0. The van der Waals surface area contributed by atoms with E-state index in [1.807, 2.05) is 17.0 Å². The van der Waals surface area contributed by atoms with Crippen LogP contribution in [0.2, 0.25) is 0 Å². The van der Waals surface area contributed by atoms with Crippen molar-refractivity contribution in [3.05, 3.63) is 53.0 Å². The molecule has 1 aromatic carbocycles. The first-order valence-corrected chi connectivity index (χ1v) is 9.57. The Kier molecular flexibility index (Phi) is 5.95. The van der Waals surface area contributed by atoms with Crippen LogP contribution in [0.5, 0.6) is 0 Å². The van der Waals surface area contributed by atoms with Gasteiger partial charge in [-0.15, -0.1) is 0 Å². The number of amides is 1. The number of oxazole rings is 1. The van der Waals surface area contributed by atoms with E-state index in [0.29, 0.717) is 36.4 Å². The van der Waals surface area contributed by atoms with Gasteiger partial charge in [-0.2, -0.15) is 0 Å². The van der Waals surface area contributed by atoms with Crippen molar-refractivity contribution in [3.63, 3.8) is 0 Å². The van der Waals surface area contributed by atoms with E-state index in [0.717, 1.165) is 25.1 Å². The van der Waals surface area contributed by atoms with Gasteiger partial charge in [0.05, 0.1) is 0 Å². The van der Waals surface area contributed by atoms with Gasteiger partial charge in [0.2, 0.25) is 0 Å². The average molecular weight is 373 g/mol. The third kappa shape index (κ3) is 4.56. The molecular formula is C21H28FN3O2. The zero-order chi connectivity index (χ0) is 19.6. The van der Waals surface area contributed by atoms with Crippen LogP contribution in [0.25, 0.3) is 0 Å². The fourth-order valence-corrected chi connectivity index (χ4v) is 3.78. The third-order valence-electron chi connectivity index (χ3n) is 5.21. The van der Waals surface area contributed by atoms with Crippen molar-refractivity contribution in [1.29, 1.82) is 0 Å². The normalized spacial score (nSPS) is 18.7. The number of carbonyl (C=O) groups excluding carboxylic acids is 1. The lowest BCUT2D eigenvalue weighted by Crippen LogP contribution is -2.45. The Morgan fingerprint density at radius 1 is 1.26 bits per heavy atom. The topological polar surface area (TPSA) is 49.6 Å². The second-order valence-corrected chi connectivity index (χ2v) is 7.65. The number of aryl methyl sites for hydroxylation is 2. The summed E-state index contributed by atoms with van der Waals surface area (Å²) in [5, 5.41) is 0. The van der Waals surface area contributed by atoms with Gasteiger partial charge in [-0.25, -0.2) is 9.37 Å². The number of carbonyl (C=O) groups is 1. The minimum Gasteiger partial charge on any atom is -0.445 e. The predicted octanol–water partition coefficient (Wildman–Crippen LogP) is 3.80. The van der Waals surface area contributed by atoms with Crippen molar-refractivity contribution in [2.24, 2.45) is 5.92 Å². The summed E-state index contributed by atoms with van der Waals surface area (Å²) < 4.78 is 18.6. The van der Waals surface area contributed by atoms with Gasteiger partial charge in [-0.3, -0.25) is 9.69 Å². The van der Waals surface area contributed by atoms with E-state index in [1.165, 1.54) is 12.1 Å². The van der Waals surface area contributed by atoms with Crippen LogP contribution in [-0.4, -0.2) is 46.4 Å². The summed E-state index contributed by atoms with van der Waals surface area (Å²) in [6.45, 7) is 10.9. The highest BCUT2D eigenvalue weighted by molar-refractivity contribution is 5.93. The molecule has 0 saturated carbocycles. The largest absolute Gasteiger partial charge is 0.445 e. The van der Waals surface area contributed by atoms with Crippen LogP contribution in [0.3, 0.4) is 0 Å². The SMILES string of the molecule is Cc1nc(C(=O)N2CCCN(Cc3ccc(F)cc3)[C@@H](C(C)C)C2)c(C)o1. The summed E-state index contributed by atoms with van der Waals surface area (Å²) in [7, 11) is 0. The second-order valence-electron chi connectivity index (χ2n) is 7.65. The molecule has 0 radical (unpaired) electrons. The highest BCUT2D eigenvalue weighted by atomic mass is 19.1. The summed E-state index contributed by atoms with van der Waals surface area (Å²) in [6.07, 6.45) is 0.895. The standard InChI is InChI=1S/C21H28FN3O2/c1-14(2)19-13-25(21(26)20-15(3)27-16(4)23-20)11-5-10-24(19)12-17-6-8-18(22)9-7-17/h6-9,14,19H,5,10-13H2,1-4H3/t19-/m1/s1. The van der Waals surface area contributed by atoms with Crippen molar-refractivity contribution < 1.29 is 13.6 Å². The van der Waals surface area contributed by atoms with Gasteiger partial charge in [0.15, 0.2) is 11.6 Å². The molecule has 1 atom stereocenters. The molecule has 1 saturated heterocycles. The quantitative estimate of drug-likeness (QED) is 0.818. The molecule has 6 heteroatoms. The van der Waals surface area contributed by atoms with E-state index in [-0.39, 0.29) is 17.8 Å². The lowest BCUT2D eigenvalue weighted by Gasteiger charge is -2.34. The first-order chi connectivity index (χ1) is 12.8. The van der Waals surface area contributed by atoms with Gasteiger partial charge in [0.1, 0.15) is 11.6 Å². The summed E-state index contributed by atoms with van der Waals surface area (Å²) in [5.74, 6) is 1.21. The minimum atomic E-state index is -0.218. The Hall–Kier alpha value is -2.21. The maximum Gasteiger partial charge on any atom is 0.276 e. The molecule has 27 heavy (non-hydrogen) atoms. The molecule has 1 amide bonds. The van der Waals surface area contributed by atoms with Crippen molar-refractivity contribution >= 4 is 5.91 Å². The van der Waals surface area contributed by atoms with E-state index < -0.39 is 0 Å². The molecule has 1 aromatic heterocycles. The molecule has 3 rings (SSSR count). The molecule has 0 aliphatic carbocycles. The van der Waals surface area contributed by atoms with E-state index in [4.69, 9.17) is 4.42 Å². The van der Waals surface area contributed by atoms with Crippen molar-refractivity contribution in [2.45, 2.75) is 46.7 Å². The van der Waals surface area contributed by atoms with Crippen molar-refractivity contribution in [3.8, 4) is 0 Å². The number of halogens is 1. The molecule has 1 fully saturated rings. The van der Waals surface area contributed by atoms with E-state index in [9.17, 15) is 9.18 Å². The van der Waals surface area contributed by atoms with Gasteiger partial charge in [-0.1, -0.05) is 26.0 Å². The van der Waals surface area contributed by atoms with Gasteiger partial charge in [-0.05, 0) is 37.0 Å². The number of nitrogens with zero attached hydrogens (tertiary/aromatic N) is 3. The summed E-state index contributed by atoms with van der Waals surface area (Å²) >= 11 is 0. The Balaban J connectivity index is 1.77. The maximum absolute atomic E-state index is 13.2. The lowest BCUT2D eigenvalue weighted by molar-refractivity contribution is 0.0695. The first-order valence-electron chi connectivity index (χ1n) is 9.57. The predicted molar refractivity (Wildman–Crippen MR) is 102 cm³/mol. The monoisotopic (exact) mass is 373 g/mol. The number of benzene rings is 1. The molecule has 0 unspecified atom stereocenters. The summed E-state index contributed by atoms with van der Waals surface area (Å²) in [4.78, 5) is 21.6. The highest BCUT2D eigenvalue weighted by Crippen LogP contribution is 2.22. The highest BCUT2D eigenvalue weighted by Gasteiger charge is 2.31. The number of rotatable bonds is 4. The Labute approximate surface area is 160 Å². The molecule has 1 aliphatic rings. The Bertz CT molecular complexity index is 785. The molecule has 2 aromatic rings. The summed E-state index contributed by atoms with van der Waals surface area (Å²) in [5.41, 5.74) is 1.51. The number of aromatic nitrogens is 1. The van der Waals surface area contributed by atoms with Crippen LogP contribution >= 0.6 is 0 Å². The van der Waals surface area contributed by atoms with E-state index in [1.54, 1.807) is 13.8 Å². The van der Waals surface area contributed by atoms with Crippen LogP contribution in [0.4, 0.5) is 4.39 Å². The van der Waals surface area contributed by atoms with Crippen LogP contribution in [0.15, 0.2) is 28.7 Å². The van der Waals surface area contributed by atoms with Crippen LogP contribution in [-0.2, 0) is 6.54 Å². The maximum atomic E-state index is 13.2. The summed E-state index contributed by atoms with van der Waals surface area (Å²) in [6, 6.07) is 6.91. The van der Waals surface area contributed by atoms with Crippen molar-refractivity contribution in [1.82, 2.24) is 14.8 Å². The van der Waals surface area contributed by atoms with E-state index >= 15 is 0 Å². The zero-order valence-electron chi connectivity index (χ0n) is 16.5. The molecule has 146 valence electrons. The van der Waals surface area contributed by atoms with E-state index in [2.05, 4.69) is 23.7 Å². The molecule has 0 spiro atoms. The van der Waals surface area contributed by atoms with Gasteiger partial charge < -0.3 is 9.32 Å². The molecule has 0 N–H and O–H groups in total.